The maximum atomic E-state index is 12.3. The van der Waals surface area contributed by atoms with Crippen molar-refractivity contribution in [3.63, 3.8) is 0 Å². The molecular formula is C16H19NO3S. The van der Waals surface area contributed by atoms with E-state index in [1.807, 2.05) is 31.2 Å². The molecule has 2 N–H and O–H groups in total. The second kappa shape index (κ2) is 6.39. The Kier molecular flexibility index (Phi) is 4.77. The van der Waals surface area contributed by atoms with Crippen molar-refractivity contribution in [1.29, 1.82) is 0 Å². The van der Waals surface area contributed by atoms with E-state index in [1.54, 1.807) is 19.1 Å². The molecule has 0 spiro atoms. The van der Waals surface area contributed by atoms with Crippen molar-refractivity contribution >= 4 is 10.0 Å². The third kappa shape index (κ3) is 3.91. The summed E-state index contributed by atoms with van der Waals surface area (Å²) in [4.78, 5) is 0.162. The van der Waals surface area contributed by atoms with Crippen LogP contribution in [0.1, 0.15) is 29.7 Å². The monoisotopic (exact) mass is 305 g/mol. The van der Waals surface area contributed by atoms with Gasteiger partial charge in [0.25, 0.3) is 0 Å². The lowest BCUT2D eigenvalue weighted by molar-refractivity contribution is 0.199. The number of aryl methyl sites for hydroxylation is 1. The van der Waals surface area contributed by atoms with E-state index in [2.05, 4.69) is 4.72 Å². The van der Waals surface area contributed by atoms with Crippen LogP contribution in [0.5, 0.6) is 0 Å². The summed E-state index contributed by atoms with van der Waals surface area (Å²) in [6.45, 7) is 3.79. The lowest BCUT2D eigenvalue weighted by Gasteiger charge is -2.11. The highest BCUT2D eigenvalue weighted by Crippen LogP contribution is 2.17. The van der Waals surface area contributed by atoms with Crippen LogP contribution in [-0.4, -0.2) is 13.5 Å². The summed E-state index contributed by atoms with van der Waals surface area (Å²) >= 11 is 0. The first-order valence-corrected chi connectivity index (χ1v) is 8.20. The molecule has 0 aliphatic heterocycles. The zero-order chi connectivity index (χ0) is 15.5. The van der Waals surface area contributed by atoms with Crippen LogP contribution in [0, 0.1) is 6.92 Å². The van der Waals surface area contributed by atoms with Gasteiger partial charge in [-0.3, -0.25) is 0 Å². The van der Waals surface area contributed by atoms with Crippen LogP contribution in [0.3, 0.4) is 0 Å². The fourth-order valence-corrected chi connectivity index (χ4v) is 3.07. The number of sulfonamides is 1. The van der Waals surface area contributed by atoms with Gasteiger partial charge in [0.2, 0.25) is 10.0 Å². The minimum absolute atomic E-state index is 0.162. The molecule has 0 amide bonds. The highest BCUT2D eigenvalue weighted by Gasteiger charge is 2.15. The van der Waals surface area contributed by atoms with Gasteiger partial charge in [0.1, 0.15) is 0 Å². The minimum atomic E-state index is -3.59. The Balaban J connectivity index is 2.19. The van der Waals surface area contributed by atoms with E-state index in [1.165, 1.54) is 12.1 Å². The average molecular weight is 305 g/mol. The molecule has 21 heavy (non-hydrogen) atoms. The van der Waals surface area contributed by atoms with Crippen LogP contribution in [0.15, 0.2) is 53.4 Å². The van der Waals surface area contributed by atoms with Gasteiger partial charge in [-0.25, -0.2) is 13.1 Å². The number of aliphatic hydroxyl groups excluding tert-OH is 1. The first-order valence-electron chi connectivity index (χ1n) is 6.72. The molecule has 5 heteroatoms. The first kappa shape index (κ1) is 15.7. The molecule has 0 saturated carbocycles. The van der Waals surface area contributed by atoms with Gasteiger partial charge in [-0.1, -0.05) is 36.4 Å². The number of hydrogen-bond donors (Lipinski definition) is 2. The summed E-state index contributed by atoms with van der Waals surface area (Å²) in [6.07, 6.45) is -0.698. The molecule has 2 aromatic rings. The molecule has 0 heterocycles. The van der Waals surface area contributed by atoms with E-state index in [0.717, 1.165) is 11.1 Å². The highest BCUT2D eigenvalue weighted by atomic mass is 32.2. The van der Waals surface area contributed by atoms with Crippen molar-refractivity contribution in [2.45, 2.75) is 31.4 Å². The Morgan fingerprint density at radius 1 is 1.14 bits per heavy atom. The second-order valence-electron chi connectivity index (χ2n) is 5.00. The Hall–Kier alpha value is -1.69. The van der Waals surface area contributed by atoms with E-state index < -0.39 is 16.1 Å². The number of nitrogens with one attached hydrogen (secondary N) is 1. The normalized spacial score (nSPS) is 13.1. The smallest absolute Gasteiger partial charge is 0.240 e. The van der Waals surface area contributed by atoms with E-state index >= 15 is 0 Å². The quantitative estimate of drug-likeness (QED) is 0.892. The van der Waals surface area contributed by atoms with Crippen LogP contribution in [-0.2, 0) is 16.6 Å². The Morgan fingerprint density at radius 2 is 1.86 bits per heavy atom. The van der Waals surface area contributed by atoms with Gasteiger partial charge < -0.3 is 5.11 Å². The van der Waals surface area contributed by atoms with Crippen LogP contribution in [0.25, 0.3) is 0 Å². The molecular weight excluding hydrogens is 286 g/mol. The third-order valence-corrected chi connectivity index (χ3v) is 4.76. The molecule has 0 fully saturated rings. The lowest BCUT2D eigenvalue weighted by atomic mass is 10.1. The van der Waals surface area contributed by atoms with Gasteiger partial charge in [-0.15, -0.1) is 0 Å². The van der Waals surface area contributed by atoms with Crippen LogP contribution in [0.2, 0.25) is 0 Å². The molecule has 1 unspecified atom stereocenters. The van der Waals surface area contributed by atoms with Crippen molar-refractivity contribution in [3.05, 3.63) is 65.2 Å². The molecule has 0 radical (unpaired) electrons. The zero-order valence-corrected chi connectivity index (χ0v) is 12.9. The van der Waals surface area contributed by atoms with E-state index in [0.29, 0.717) is 5.56 Å². The van der Waals surface area contributed by atoms with Crippen molar-refractivity contribution in [3.8, 4) is 0 Å². The number of aliphatic hydroxyl groups is 1. The largest absolute Gasteiger partial charge is 0.389 e. The summed E-state index contributed by atoms with van der Waals surface area (Å²) in [5.41, 5.74) is 2.56. The molecule has 1 atom stereocenters. The Morgan fingerprint density at radius 3 is 2.52 bits per heavy atom. The lowest BCUT2D eigenvalue weighted by Crippen LogP contribution is -2.23. The molecule has 0 aromatic heterocycles. The maximum Gasteiger partial charge on any atom is 0.240 e. The molecule has 2 aromatic carbocycles. The average Bonchev–Trinajstić information content (AvgIpc) is 2.46. The summed E-state index contributed by atoms with van der Waals surface area (Å²) in [5.74, 6) is 0. The fourth-order valence-electron chi connectivity index (χ4n) is 2.01. The zero-order valence-electron chi connectivity index (χ0n) is 12.1. The van der Waals surface area contributed by atoms with Crippen LogP contribution in [0.4, 0.5) is 0 Å². The third-order valence-electron chi connectivity index (χ3n) is 3.36. The van der Waals surface area contributed by atoms with Crippen molar-refractivity contribution < 1.29 is 13.5 Å². The van der Waals surface area contributed by atoms with Crippen molar-refractivity contribution in [2.75, 3.05) is 0 Å². The van der Waals surface area contributed by atoms with Crippen molar-refractivity contribution in [1.82, 2.24) is 4.72 Å². The standard InChI is InChI=1S/C16H19NO3S/c1-12-6-3-4-7-15(12)11-17-21(19,20)16-9-5-8-14(10-16)13(2)18/h3-10,13,17-18H,11H2,1-2H3. The van der Waals surface area contributed by atoms with Gasteiger partial charge in [0, 0.05) is 6.54 Å². The van der Waals surface area contributed by atoms with E-state index in [-0.39, 0.29) is 11.4 Å². The van der Waals surface area contributed by atoms with Gasteiger partial charge in [-0.2, -0.15) is 0 Å². The number of hydrogen-bond acceptors (Lipinski definition) is 3. The van der Waals surface area contributed by atoms with Gasteiger partial charge in [0.05, 0.1) is 11.0 Å². The Bertz CT molecular complexity index is 724. The molecule has 0 bridgehead atoms. The van der Waals surface area contributed by atoms with E-state index in [9.17, 15) is 13.5 Å². The topological polar surface area (TPSA) is 66.4 Å². The SMILES string of the molecule is Cc1ccccc1CNS(=O)(=O)c1cccc(C(C)O)c1. The summed E-state index contributed by atoms with van der Waals surface area (Å²) in [7, 11) is -3.59. The van der Waals surface area contributed by atoms with Crippen LogP contribution >= 0.6 is 0 Å². The van der Waals surface area contributed by atoms with E-state index in [4.69, 9.17) is 0 Å². The molecule has 0 aliphatic carbocycles. The fraction of sp³-hybridized carbons (Fsp3) is 0.250. The minimum Gasteiger partial charge on any atom is -0.389 e. The van der Waals surface area contributed by atoms with Gasteiger partial charge in [-0.05, 0) is 42.7 Å². The highest BCUT2D eigenvalue weighted by molar-refractivity contribution is 7.89. The molecule has 0 saturated heterocycles. The second-order valence-corrected chi connectivity index (χ2v) is 6.77. The molecule has 4 nitrogen and oxygen atoms in total. The maximum absolute atomic E-state index is 12.3. The summed E-state index contributed by atoms with van der Waals surface area (Å²) < 4.78 is 27.2. The van der Waals surface area contributed by atoms with Crippen molar-refractivity contribution in [2.24, 2.45) is 0 Å². The molecule has 112 valence electrons. The summed E-state index contributed by atoms with van der Waals surface area (Å²) in [5, 5.41) is 9.54. The molecule has 2 rings (SSSR count). The van der Waals surface area contributed by atoms with Gasteiger partial charge in [0.15, 0.2) is 0 Å². The molecule has 0 aliphatic rings. The van der Waals surface area contributed by atoms with Gasteiger partial charge >= 0.3 is 0 Å². The summed E-state index contributed by atoms with van der Waals surface area (Å²) in [6, 6.07) is 14.0. The predicted molar refractivity (Wildman–Crippen MR) is 82.3 cm³/mol. The number of benzene rings is 2. The number of rotatable bonds is 5. The first-order chi connectivity index (χ1) is 9.90. The Labute approximate surface area is 125 Å². The van der Waals surface area contributed by atoms with Crippen LogP contribution < -0.4 is 4.72 Å². The predicted octanol–water partition coefficient (Wildman–Crippen LogP) is 2.53.